The van der Waals surface area contributed by atoms with E-state index in [1.54, 1.807) is 7.11 Å². The first kappa shape index (κ1) is 15.7. The van der Waals surface area contributed by atoms with E-state index in [1.807, 2.05) is 29.2 Å². The quantitative estimate of drug-likeness (QED) is 0.927. The summed E-state index contributed by atoms with van der Waals surface area (Å²) < 4.78 is 5.31. The number of amides is 1. The zero-order valence-corrected chi connectivity index (χ0v) is 13.2. The number of para-hydroxylation sites is 2. The maximum Gasteiger partial charge on any atom is 0.270 e. The molecule has 0 radical (unpaired) electrons. The van der Waals surface area contributed by atoms with Crippen molar-refractivity contribution >= 4 is 16.9 Å². The normalized spacial score (nSPS) is 16.0. The highest BCUT2D eigenvalue weighted by Gasteiger charge is 2.22. The van der Waals surface area contributed by atoms with Gasteiger partial charge in [0, 0.05) is 33.0 Å². The highest BCUT2D eigenvalue weighted by atomic mass is 16.5. The molecule has 1 aromatic heterocycles. The number of methoxy groups -OCH3 is 1. The van der Waals surface area contributed by atoms with Gasteiger partial charge >= 0.3 is 0 Å². The number of carbonyl (C=O) groups is 1. The summed E-state index contributed by atoms with van der Waals surface area (Å²) >= 11 is 0. The van der Waals surface area contributed by atoms with Gasteiger partial charge in [0.15, 0.2) is 0 Å². The molecule has 6 nitrogen and oxygen atoms in total. The molecule has 1 aromatic carbocycles. The average Bonchev–Trinajstić information content (AvgIpc) is 2.59. The maximum absolute atomic E-state index is 12.3. The molecule has 0 atom stereocenters. The molecule has 0 bridgehead atoms. The Hall–Kier alpha value is -2.21. The third-order valence-corrected chi connectivity index (χ3v) is 4.37. The van der Waals surface area contributed by atoms with Crippen molar-refractivity contribution < 1.29 is 9.53 Å². The second-order valence-electron chi connectivity index (χ2n) is 5.85. The third-order valence-electron chi connectivity index (χ3n) is 4.37. The van der Waals surface area contributed by atoms with Gasteiger partial charge in [0.25, 0.3) is 5.56 Å². The molecule has 1 amide bonds. The number of nitrogens with zero attached hydrogens (tertiary/aromatic N) is 2. The number of benzene rings is 1. The number of ether oxygens (including phenoxy) is 1. The minimum Gasteiger partial charge on any atom is -0.381 e. The molecule has 2 aromatic rings. The van der Waals surface area contributed by atoms with Gasteiger partial charge in [-0.1, -0.05) is 12.1 Å². The number of piperidine rings is 1. The zero-order valence-electron chi connectivity index (χ0n) is 13.2. The lowest BCUT2D eigenvalue weighted by atomic mass is 10.1. The Kier molecular flexibility index (Phi) is 4.71. The summed E-state index contributed by atoms with van der Waals surface area (Å²) in [5.74, 6) is 0.0777. The molecule has 1 fully saturated rings. The van der Waals surface area contributed by atoms with Crippen molar-refractivity contribution in [1.29, 1.82) is 0 Å². The average molecular weight is 315 g/mol. The largest absolute Gasteiger partial charge is 0.381 e. The maximum atomic E-state index is 12.3. The van der Waals surface area contributed by atoms with Crippen LogP contribution in [0.1, 0.15) is 25.0 Å². The summed E-state index contributed by atoms with van der Waals surface area (Å²) in [6.45, 7) is 1.44. The molecule has 0 saturated carbocycles. The fourth-order valence-electron chi connectivity index (χ4n) is 2.96. The number of hydrogen-bond donors (Lipinski definition) is 1. The number of likely N-dealkylation sites (tertiary alicyclic amines) is 1. The Morgan fingerprint density at radius 3 is 2.83 bits per heavy atom. The first-order valence-electron chi connectivity index (χ1n) is 7.96. The summed E-state index contributed by atoms with van der Waals surface area (Å²) in [6, 6.07) is 7.40. The molecule has 0 aliphatic carbocycles. The molecule has 1 N–H and O–H groups in total. The number of hydrogen-bond acceptors (Lipinski definition) is 4. The molecule has 23 heavy (non-hydrogen) atoms. The minimum atomic E-state index is -0.213. The lowest BCUT2D eigenvalue weighted by Crippen LogP contribution is -2.40. The molecular formula is C17H21N3O3. The van der Waals surface area contributed by atoms with Crippen LogP contribution in [0.25, 0.3) is 11.0 Å². The number of H-pyrrole nitrogens is 1. The van der Waals surface area contributed by atoms with Crippen LogP contribution in [0.5, 0.6) is 0 Å². The number of aromatic amines is 1. The molecule has 0 spiro atoms. The van der Waals surface area contributed by atoms with Gasteiger partial charge in [-0.15, -0.1) is 0 Å². The smallest absolute Gasteiger partial charge is 0.270 e. The van der Waals surface area contributed by atoms with Crippen molar-refractivity contribution in [2.24, 2.45) is 0 Å². The van der Waals surface area contributed by atoms with Crippen molar-refractivity contribution in [3.63, 3.8) is 0 Å². The first-order valence-corrected chi connectivity index (χ1v) is 7.96. The monoisotopic (exact) mass is 315 g/mol. The van der Waals surface area contributed by atoms with E-state index in [0.29, 0.717) is 24.1 Å². The van der Waals surface area contributed by atoms with Crippen molar-refractivity contribution in [3.05, 3.63) is 40.3 Å². The molecule has 122 valence electrons. The van der Waals surface area contributed by atoms with Gasteiger partial charge in [0.05, 0.1) is 17.1 Å². The standard InChI is InChI=1S/C17H21N3O3/c1-23-12-8-10-20(11-9-12)16(21)7-6-15-17(22)19-14-5-3-2-4-13(14)18-15/h2-5,12H,6-11H2,1H3,(H,19,22). The van der Waals surface area contributed by atoms with Crippen LogP contribution in [0.4, 0.5) is 0 Å². The molecule has 1 aliphatic heterocycles. The van der Waals surface area contributed by atoms with Crippen LogP contribution in [0.2, 0.25) is 0 Å². The number of aryl methyl sites for hydroxylation is 1. The fourth-order valence-corrected chi connectivity index (χ4v) is 2.96. The Morgan fingerprint density at radius 1 is 1.35 bits per heavy atom. The van der Waals surface area contributed by atoms with E-state index in [0.717, 1.165) is 31.4 Å². The second-order valence-corrected chi connectivity index (χ2v) is 5.85. The number of rotatable bonds is 4. The Bertz CT molecular complexity index is 748. The molecule has 6 heteroatoms. The Morgan fingerprint density at radius 2 is 2.09 bits per heavy atom. The van der Waals surface area contributed by atoms with Crippen LogP contribution in [0.15, 0.2) is 29.1 Å². The summed E-state index contributed by atoms with van der Waals surface area (Å²) in [6.07, 6.45) is 2.67. The van der Waals surface area contributed by atoms with E-state index in [9.17, 15) is 9.59 Å². The van der Waals surface area contributed by atoms with Crippen LogP contribution in [-0.2, 0) is 16.0 Å². The van der Waals surface area contributed by atoms with E-state index in [-0.39, 0.29) is 17.6 Å². The van der Waals surface area contributed by atoms with Crippen molar-refractivity contribution in [2.75, 3.05) is 20.2 Å². The SMILES string of the molecule is COC1CCN(C(=O)CCc2nc3ccccc3[nH]c2=O)CC1. The lowest BCUT2D eigenvalue weighted by molar-refractivity contribution is -0.133. The van der Waals surface area contributed by atoms with Gasteiger partial charge in [-0.05, 0) is 25.0 Å². The van der Waals surface area contributed by atoms with E-state index in [4.69, 9.17) is 4.74 Å². The summed E-state index contributed by atoms with van der Waals surface area (Å²) in [7, 11) is 1.71. The number of carbonyl (C=O) groups excluding carboxylic acids is 1. The molecule has 1 saturated heterocycles. The Balaban J connectivity index is 1.63. The van der Waals surface area contributed by atoms with Gasteiger partial charge in [0.2, 0.25) is 5.91 Å². The predicted molar refractivity (Wildman–Crippen MR) is 87.3 cm³/mol. The van der Waals surface area contributed by atoms with Gasteiger partial charge in [-0.2, -0.15) is 0 Å². The van der Waals surface area contributed by atoms with Crippen molar-refractivity contribution in [1.82, 2.24) is 14.9 Å². The van der Waals surface area contributed by atoms with Crippen LogP contribution >= 0.6 is 0 Å². The summed E-state index contributed by atoms with van der Waals surface area (Å²) in [5, 5.41) is 0. The van der Waals surface area contributed by atoms with Gasteiger partial charge in [0.1, 0.15) is 5.69 Å². The number of fused-ring (bicyclic) bond motifs is 1. The van der Waals surface area contributed by atoms with E-state index in [2.05, 4.69) is 9.97 Å². The lowest BCUT2D eigenvalue weighted by Gasteiger charge is -2.31. The van der Waals surface area contributed by atoms with Crippen molar-refractivity contribution in [2.45, 2.75) is 31.8 Å². The highest BCUT2D eigenvalue weighted by Crippen LogP contribution is 2.14. The molecule has 0 unspecified atom stereocenters. The number of nitrogens with one attached hydrogen (secondary N) is 1. The molecular weight excluding hydrogens is 294 g/mol. The first-order chi connectivity index (χ1) is 11.2. The van der Waals surface area contributed by atoms with Gasteiger partial charge < -0.3 is 14.6 Å². The van der Waals surface area contributed by atoms with Crippen LogP contribution in [0.3, 0.4) is 0 Å². The van der Waals surface area contributed by atoms with Crippen LogP contribution in [0, 0.1) is 0 Å². The molecule has 1 aliphatic rings. The van der Waals surface area contributed by atoms with Crippen LogP contribution in [-0.4, -0.2) is 47.1 Å². The van der Waals surface area contributed by atoms with E-state index < -0.39 is 0 Å². The van der Waals surface area contributed by atoms with Crippen LogP contribution < -0.4 is 5.56 Å². The number of aromatic nitrogens is 2. The van der Waals surface area contributed by atoms with E-state index in [1.165, 1.54) is 0 Å². The highest BCUT2D eigenvalue weighted by molar-refractivity contribution is 5.77. The minimum absolute atomic E-state index is 0.0777. The van der Waals surface area contributed by atoms with E-state index >= 15 is 0 Å². The predicted octanol–water partition coefficient (Wildman–Crippen LogP) is 1.49. The Labute approximate surface area is 134 Å². The summed E-state index contributed by atoms with van der Waals surface area (Å²) in [5.41, 5.74) is 1.67. The van der Waals surface area contributed by atoms with Gasteiger partial charge in [-0.3, -0.25) is 9.59 Å². The zero-order chi connectivity index (χ0) is 16.2. The third kappa shape index (κ3) is 3.59. The molecule has 3 rings (SSSR count). The molecule has 2 heterocycles. The summed E-state index contributed by atoms with van der Waals surface area (Å²) in [4.78, 5) is 33.4. The van der Waals surface area contributed by atoms with Gasteiger partial charge in [-0.25, -0.2) is 4.98 Å². The van der Waals surface area contributed by atoms with Crippen molar-refractivity contribution in [3.8, 4) is 0 Å². The topological polar surface area (TPSA) is 75.3 Å². The fraction of sp³-hybridized carbons (Fsp3) is 0.471. The second kappa shape index (κ2) is 6.91.